The van der Waals surface area contributed by atoms with Crippen molar-refractivity contribution in [3.8, 4) is 5.75 Å². The number of phenolic OH excluding ortho intramolecular Hbond substituents is 1. The van der Waals surface area contributed by atoms with Gasteiger partial charge in [-0.05, 0) is 42.1 Å². The van der Waals surface area contributed by atoms with Gasteiger partial charge in [0.05, 0.1) is 5.69 Å². The molecule has 0 atom stereocenters. The summed E-state index contributed by atoms with van der Waals surface area (Å²) in [6, 6.07) is 8.93. The molecular weight excluding hydrogens is 246 g/mol. The van der Waals surface area contributed by atoms with Gasteiger partial charge in [0.15, 0.2) is 0 Å². The van der Waals surface area contributed by atoms with E-state index in [1.165, 1.54) is 6.08 Å². The van der Waals surface area contributed by atoms with E-state index in [1.54, 1.807) is 35.6 Å². The molecule has 0 aliphatic rings. The number of hydrogen-bond donors (Lipinski definition) is 2. The first kappa shape index (κ1) is 12.4. The standard InChI is InChI=1S/C14H13NO2S/c1-10-4-6-13(16)12(9-10)15-14(17)7-5-11-3-2-8-18-11/h2-9,16H,1H3,(H,15,17)/b7-5+. The number of anilines is 1. The quantitative estimate of drug-likeness (QED) is 0.655. The number of rotatable bonds is 3. The van der Waals surface area contributed by atoms with E-state index in [4.69, 9.17) is 0 Å². The third-order valence-corrected chi connectivity index (χ3v) is 3.19. The fourth-order valence-corrected chi connectivity index (χ4v) is 2.09. The van der Waals surface area contributed by atoms with Crippen LogP contribution in [0.25, 0.3) is 6.08 Å². The molecule has 1 aromatic heterocycles. The molecule has 0 aliphatic carbocycles. The predicted octanol–water partition coefficient (Wildman–Crippen LogP) is 3.41. The van der Waals surface area contributed by atoms with Crippen molar-refractivity contribution in [2.75, 3.05) is 5.32 Å². The van der Waals surface area contributed by atoms with Crippen molar-refractivity contribution in [3.63, 3.8) is 0 Å². The van der Waals surface area contributed by atoms with Gasteiger partial charge in [-0.3, -0.25) is 4.79 Å². The summed E-state index contributed by atoms with van der Waals surface area (Å²) in [7, 11) is 0. The maximum absolute atomic E-state index is 11.7. The van der Waals surface area contributed by atoms with Gasteiger partial charge in [0.1, 0.15) is 5.75 Å². The average Bonchev–Trinajstić information content (AvgIpc) is 2.84. The minimum Gasteiger partial charge on any atom is -0.506 e. The second-order valence-electron chi connectivity index (χ2n) is 3.86. The summed E-state index contributed by atoms with van der Waals surface area (Å²) in [5.41, 5.74) is 1.40. The van der Waals surface area contributed by atoms with Crippen molar-refractivity contribution >= 4 is 29.0 Å². The molecule has 4 heteroatoms. The topological polar surface area (TPSA) is 49.3 Å². The van der Waals surface area contributed by atoms with Crippen LogP contribution in [0.3, 0.4) is 0 Å². The summed E-state index contributed by atoms with van der Waals surface area (Å²) in [6.45, 7) is 1.90. The highest BCUT2D eigenvalue weighted by Gasteiger charge is 2.03. The third-order valence-electron chi connectivity index (χ3n) is 2.35. The fraction of sp³-hybridized carbons (Fsp3) is 0.0714. The highest BCUT2D eigenvalue weighted by atomic mass is 32.1. The number of hydrogen-bond acceptors (Lipinski definition) is 3. The molecule has 2 aromatic rings. The van der Waals surface area contributed by atoms with Gasteiger partial charge in [-0.1, -0.05) is 12.1 Å². The van der Waals surface area contributed by atoms with Gasteiger partial charge >= 0.3 is 0 Å². The average molecular weight is 259 g/mol. The van der Waals surface area contributed by atoms with Crippen molar-refractivity contribution in [2.45, 2.75) is 6.92 Å². The zero-order valence-corrected chi connectivity index (χ0v) is 10.7. The number of phenols is 1. The number of thiophene rings is 1. The molecule has 0 unspecified atom stereocenters. The molecule has 1 aromatic carbocycles. The number of aryl methyl sites for hydroxylation is 1. The fourth-order valence-electron chi connectivity index (χ4n) is 1.47. The molecule has 92 valence electrons. The molecule has 2 N–H and O–H groups in total. The Kier molecular flexibility index (Phi) is 3.79. The monoisotopic (exact) mass is 259 g/mol. The maximum Gasteiger partial charge on any atom is 0.248 e. The number of amides is 1. The molecule has 3 nitrogen and oxygen atoms in total. The van der Waals surface area contributed by atoms with Crippen LogP contribution in [0.4, 0.5) is 5.69 Å². The Morgan fingerprint density at radius 1 is 1.39 bits per heavy atom. The smallest absolute Gasteiger partial charge is 0.248 e. The number of carbonyl (C=O) groups is 1. The zero-order valence-electron chi connectivity index (χ0n) is 9.88. The predicted molar refractivity (Wildman–Crippen MR) is 74.8 cm³/mol. The van der Waals surface area contributed by atoms with Crippen molar-refractivity contribution < 1.29 is 9.90 Å². The van der Waals surface area contributed by atoms with Crippen molar-refractivity contribution in [3.05, 3.63) is 52.2 Å². The van der Waals surface area contributed by atoms with E-state index in [0.29, 0.717) is 5.69 Å². The highest BCUT2D eigenvalue weighted by molar-refractivity contribution is 7.10. The van der Waals surface area contributed by atoms with Crippen LogP contribution in [0.1, 0.15) is 10.4 Å². The van der Waals surface area contributed by atoms with Crippen LogP contribution < -0.4 is 5.32 Å². The normalized spacial score (nSPS) is 10.7. The summed E-state index contributed by atoms with van der Waals surface area (Å²) in [4.78, 5) is 12.7. The molecule has 1 amide bonds. The summed E-state index contributed by atoms with van der Waals surface area (Å²) < 4.78 is 0. The van der Waals surface area contributed by atoms with Crippen LogP contribution in [0.2, 0.25) is 0 Å². The Balaban J connectivity index is 2.05. The van der Waals surface area contributed by atoms with Crippen molar-refractivity contribution in [2.24, 2.45) is 0 Å². The van der Waals surface area contributed by atoms with E-state index in [1.807, 2.05) is 24.4 Å². The lowest BCUT2D eigenvalue weighted by Gasteiger charge is -2.05. The van der Waals surface area contributed by atoms with Crippen LogP contribution in [0.15, 0.2) is 41.8 Å². The molecular formula is C14H13NO2S. The number of benzene rings is 1. The van der Waals surface area contributed by atoms with Gasteiger partial charge < -0.3 is 10.4 Å². The van der Waals surface area contributed by atoms with Gasteiger partial charge in [-0.2, -0.15) is 0 Å². The summed E-state index contributed by atoms with van der Waals surface area (Å²) in [6.07, 6.45) is 3.19. The lowest BCUT2D eigenvalue weighted by Crippen LogP contribution is -2.07. The molecule has 0 aliphatic heterocycles. The Hall–Kier alpha value is -2.07. The number of nitrogens with one attached hydrogen (secondary N) is 1. The van der Waals surface area contributed by atoms with Gasteiger partial charge in [0, 0.05) is 11.0 Å². The maximum atomic E-state index is 11.7. The zero-order chi connectivity index (χ0) is 13.0. The third kappa shape index (κ3) is 3.21. The molecule has 0 saturated carbocycles. The second kappa shape index (κ2) is 5.51. The Morgan fingerprint density at radius 2 is 2.22 bits per heavy atom. The van der Waals surface area contributed by atoms with Crippen LogP contribution >= 0.6 is 11.3 Å². The number of carbonyl (C=O) groups excluding carboxylic acids is 1. The van der Waals surface area contributed by atoms with E-state index < -0.39 is 0 Å². The minimum atomic E-state index is -0.260. The molecule has 18 heavy (non-hydrogen) atoms. The minimum absolute atomic E-state index is 0.0680. The van der Waals surface area contributed by atoms with E-state index >= 15 is 0 Å². The van der Waals surface area contributed by atoms with Gasteiger partial charge in [0.25, 0.3) is 0 Å². The molecule has 0 spiro atoms. The SMILES string of the molecule is Cc1ccc(O)c(NC(=O)/C=C/c2cccs2)c1. The number of aromatic hydroxyl groups is 1. The van der Waals surface area contributed by atoms with Gasteiger partial charge in [-0.15, -0.1) is 11.3 Å². The molecule has 1 heterocycles. The molecule has 0 fully saturated rings. The van der Waals surface area contributed by atoms with E-state index in [9.17, 15) is 9.90 Å². The van der Waals surface area contributed by atoms with Crippen molar-refractivity contribution in [1.82, 2.24) is 0 Å². The first-order valence-electron chi connectivity index (χ1n) is 5.47. The van der Waals surface area contributed by atoms with Crippen LogP contribution in [-0.2, 0) is 4.79 Å². The van der Waals surface area contributed by atoms with Gasteiger partial charge in [-0.25, -0.2) is 0 Å². The molecule has 0 saturated heterocycles. The lowest BCUT2D eigenvalue weighted by molar-refractivity contribution is -0.111. The first-order valence-corrected chi connectivity index (χ1v) is 6.35. The largest absolute Gasteiger partial charge is 0.506 e. The van der Waals surface area contributed by atoms with E-state index in [0.717, 1.165) is 10.4 Å². The molecule has 2 rings (SSSR count). The molecule has 0 bridgehead atoms. The summed E-state index contributed by atoms with van der Waals surface area (Å²) >= 11 is 1.56. The summed E-state index contributed by atoms with van der Waals surface area (Å²) in [5.74, 6) is -0.192. The molecule has 0 radical (unpaired) electrons. The van der Waals surface area contributed by atoms with E-state index in [2.05, 4.69) is 5.32 Å². The Labute approximate surface area is 109 Å². The second-order valence-corrected chi connectivity index (χ2v) is 4.84. The van der Waals surface area contributed by atoms with Crippen LogP contribution in [-0.4, -0.2) is 11.0 Å². The highest BCUT2D eigenvalue weighted by Crippen LogP contribution is 2.23. The Bertz CT molecular complexity index is 573. The Morgan fingerprint density at radius 3 is 2.94 bits per heavy atom. The van der Waals surface area contributed by atoms with E-state index in [-0.39, 0.29) is 11.7 Å². The summed E-state index contributed by atoms with van der Waals surface area (Å²) in [5, 5.41) is 14.2. The van der Waals surface area contributed by atoms with Crippen molar-refractivity contribution in [1.29, 1.82) is 0 Å². The van der Waals surface area contributed by atoms with Crippen LogP contribution in [0, 0.1) is 6.92 Å². The lowest BCUT2D eigenvalue weighted by atomic mass is 10.2. The first-order chi connectivity index (χ1) is 8.65. The van der Waals surface area contributed by atoms with Crippen LogP contribution in [0.5, 0.6) is 5.75 Å². The van der Waals surface area contributed by atoms with Gasteiger partial charge in [0.2, 0.25) is 5.91 Å².